The van der Waals surface area contributed by atoms with Gasteiger partial charge in [0.05, 0.1) is 17.6 Å². The third-order valence-electron chi connectivity index (χ3n) is 3.26. The molecule has 21 heavy (non-hydrogen) atoms. The molecule has 1 unspecified atom stereocenters. The molecule has 0 fully saturated rings. The third kappa shape index (κ3) is 3.77. The fraction of sp³-hybridized carbons (Fsp3) is 0.333. The highest BCUT2D eigenvalue weighted by Crippen LogP contribution is 2.33. The lowest BCUT2D eigenvalue weighted by atomic mass is 10.0. The predicted octanol–water partition coefficient (Wildman–Crippen LogP) is 4.28. The zero-order valence-corrected chi connectivity index (χ0v) is 12.5. The summed E-state index contributed by atoms with van der Waals surface area (Å²) in [6.07, 6.45) is -3.69. The molecule has 0 aliphatic carbocycles. The molecule has 2 nitrogen and oxygen atoms in total. The average molecular weight is 315 g/mol. The molecule has 1 aromatic heterocycles. The zero-order valence-electron chi connectivity index (χ0n) is 11.7. The van der Waals surface area contributed by atoms with E-state index in [1.165, 1.54) is 12.1 Å². The number of nitrogens with one attached hydrogen (secondary N) is 1. The Morgan fingerprint density at radius 1 is 1.19 bits per heavy atom. The number of alkyl halides is 3. The molecule has 0 saturated carbocycles. The normalized spacial score (nSPS) is 13.2. The predicted molar refractivity (Wildman–Crippen MR) is 77.8 cm³/mol. The molecule has 0 aliphatic rings. The van der Waals surface area contributed by atoms with Crippen molar-refractivity contribution in [3.63, 3.8) is 0 Å². The second kappa shape index (κ2) is 6.49. The maximum Gasteiger partial charge on any atom is 0.416 e. The Bertz CT molecular complexity index is 577. The molecule has 1 aromatic carbocycles. The van der Waals surface area contributed by atoms with Crippen LogP contribution in [0.4, 0.5) is 13.2 Å². The van der Waals surface area contributed by atoms with Crippen LogP contribution in [0.5, 0.6) is 5.75 Å². The first kappa shape index (κ1) is 15.9. The molecule has 2 aromatic rings. The zero-order chi connectivity index (χ0) is 15.5. The first-order valence-electron chi connectivity index (χ1n) is 6.40. The summed E-state index contributed by atoms with van der Waals surface area (Å²) >= 11 is 1.57. The number of halogens is 3. The van der Waals surface area contributed by atoms with Crippen molar-refractivity contribution in [1.29, 1.82) is 0 Å². The van der Waals surface area contributed by atoms with Crippen LogP contribution in [0, 0.1) is 0 Å². The maximum absolute atomic E-state index is 12.5. The number of methoxy groups -OCH3 is 1. The summed E-state index contributed by atoms with van der Waals surface area (Å²) in [6.45, 7) is 0. The van der Waals surface area contributed by atoms with E-state index in [1.54, 1.807) is 18.4 Å². The molecule has 0 radical (unpaired) electrons. The SMILES string of the molecule is CNC(Cc1ccc(C(F)(F)F)cc1)c1sccc1OC. The molecule has 0 bridgehead atoms. The maximum atomic E-state index is 12.5. The first-order valence-corrected chi connectivity index (χ1v) is 7.28. The van der Waals surface area contributed by atoms with Crippen LogP contribution in [0.25, 0.3) is 0 Å². The molecule has 0 saturated heterocycles. The number of hydrogen-bond donors (Lipinski definition) is 1. The van der Waals surface area contributed by atoms with Gasteiger partial charge in [-0.15, -0.1) is 11.3 Å². The van der Waals surface area contributed by atoms with Crippen molar-refractivity contribution >= 4 is 11.3 Å². The Labute approximate surface area is 125 Å². The van der Waals surface area contributed by atoms with Crippen LogP contribution in [-0.2, 0) is 12.6 Å². The van der Waals surface area contributed by atoms with Crippen molar-refractivity contribution in [3.8, 4) is 5.75 Å². The van der Waals surface area contributed by atoms with Gasteiger partial charge in [-0.1, -0.05) is 12.1 Å². The van der Waals surface area contributed by atoms with Crippen molar-refractivity contribution in [2.75, 3.05) is 14.2 Å². The van der Waals surface area contributed by atoms with E-state index in [0.717, 1.165) is 28.3 Å². The Balaban J connectivity index is 2.16. The van der Waals surface area contributed by atoms with E-state index < -0.39 is 11.7 Å². The minimum atomic E-state index is -4.29. The van der Waals surface area contributed by atoms with Gasteiger partial charge in [-0.2, -0.15) is 13.2 Å². The van der Waals surface area contributed by atoms with Crippen molar-refractivity contribution in [1.82, 2.24) is 5.32 Å². The third-order valence-corrected chi connectivity index (χ3v) is 4.28. The Hall–Kier alpha value is -1.53. The van der Waals surface area contributed by atoms with Gasteiger partial charge in [-0.3, -0.25) is 0 Å². The monoisotopic (exact) mass is 315 g/mol. The van der Waals surface area contributed by atoms with Crippen LogP contribution < -0.4 is 10.1 Å². The first-order chi connectivity index (χ1) is 9.95. The molecule has 1 atom stereocenters. The van der Waals surface area contributed by atoms with Crippen molar-refractivity contribution < 1.29 is 17.9 Å². The molecule has 0 amide bonds. The standard InChI is InChI=1S/C15H16F3NOS/c1-19-12(14-13(20-2)7-8-21-14)9-10-3-5-11(6-4-10)15(16,17)18/h3-8,12,19H,9H2,1-2H3. The van der Waals surface area contributed by atoms with E-state index in [-0.39, 0.29) is 6.04 Å². The van der Waals surface area contributed by atoms with Gasteiger partial charge in [0.2, 0.25) is 0 Å². The van der Waals surface area contributed by atoms with Crippen LogP contribution in [0.15, 0.2) is 35.7 Å². The van der Waals surface area contributed by atoms with Gasteiger partial charge in [0, 0.05) is 6.04 Å². The number of benzene rings is 1. The average Bonchev–Trinajstić information content (AvgIpc) is 2.92. The summed E-state index contributed by atoms with van der Waals surface area (Å²) in [5.74, 6) is 0.797. The molecule has 114 valence electrons. The summed E-state index contributed by atoms with van der Waals surface area (Å²) in [6, 6.07) is 7.18. The second-order valence-electron chi connectivity index (χ2n) is 4.59. The van der Waals surface area contributed by atoms with Crippen LogP contribution in [0.1, 0.15) is 22.0 Å². The van der Waals surface area contributed by atoms with Gasteiger partial charge >= 0.3 is 6.18 Å². The molecule has 2 rings (SSSR count). The van der Waals surface area contributed by atoms with Gasteiger partial charge in [0.15, 0.2) is 0 Å². The smallest absolute Gasteiger partial charge is 0.416 e. The summed E-state index contributed by atoms with van der Waals surface area (Å²) in [5, 5.41) is 5.12. The molecule has 0 spiro atoms. The number of ether oxygens (including phenoxy) is 1. The Morgan fingerprint density at radius 3 is 2.38 bits per heavy atom. The second-order valence-corrected chi connectivity index (χ2v) is 5.54. The van der Waals surface area contributed by atoms with Crippen LogP contribution in [0.2, 0.25) is 0 Å². The summed E-state index contributed by atoms with van der Waals surface area (Å²) in [7, 11) is 3.43. The topological polar surface area (TPSA) is 21.3 Å². The van der Waals surface area contributed by atoms with E-state index in [1.807, 2.05) is 18.5 Å². The minimum Gasteiger partial charge on any atom is -0.496 e. The number of likely N-dealkylation sites (N-methyl/N-ethyl adjacent to an activating group) is 1. The van der Waals surface area contributed by atoms with E-state index in [4.69, 9.17) is 4.74 Å². The van der Waals surface area contributed by atoms with Crippen molar-refractivity contribution in [2.24, 2.45) is 0 Å². The quantitative estimate of drug-likeness (QED) is 0.889. The minimum absolute atomic E-state index is 0.0108. The van der Waals surface area contributed by atoms with Crippen LogP contribution >= 0.6 is 11.3 Å². The van der Waals surface area contributed by atoms with Crippen LogP contribution in [-0.4, -0.2) is 14.2 Å². The summed E-state index contributed by atoms with van der Waals surface area (Å²) in [5.41, 5.74) is 0.221. The van der Waals surface area contributed by atoms with Gasteiger partial charge in [0.25, 0.3) is 0 Å². The molecular formula is C15H16F3NOS. The van der Waals surface area contributed by atoms with E-state index in [0.29, 0.717) is 6.42 Å². The van der Waals surface area contributed by atoms with Gasteiger partial charge in [0.1, 0.15) is 5.75 Å². The lowest BCUT2D eigenvalue weighted by Gasteiger charge is -2.17. The van der Waals surface area contributed by atoms with Crippen molar-refractivity contribution in [2.45, 2.75) is 18.6 Å². The van der Waals surface area contributed by atoms with Gasteiger partial charge in [-0.05, 0) is 42.6 Å². The lowest BCUT2D eigenvalue weighted by Crippen LogP contribution is -2.18. The van der Waals surface area contributed by atoms with Crippen molar-refractivity contribution in [3.05, 3.63) is 51.7 Å². The highest BCUT2D eigenvalue weighted by molar-refractivity contribution is 7.10. The van der Waals surface area contributed by atoms with Gasteiger partial charge in [-0.25, -0.2) is 0 Å². The molecular weight excluding hydrogens is 299 g/mol. The lowest BCUT2D eigenvalue weighted by molar-refractivity contribution is -0.137. The van der Waals surface area contributed by atoms with E-state index >= 15 is 0 Å². The fourth-order valence-electron chi connectivity index (χ4n) is 2.12. The number of rotatable bonds is 5. The molecule has 0 aliphatic heterocycles. The number of hydrogen-bond acceptors (Lipinski definition) is 3. The van der Waals surface area contributed by atoms with E-state index in [9.17, 15) is 13.2 Å². The van der Waals surface area contributed by atoms with Gasteiger partial charge < -0.3 is 10.1 Å². The fourth-order valence-corrected chi connectivity index (χ4v) is 3.09. The summed E-state index contributed by atoms with van der Waals surface area (Å²) < 4.78 is 42.9. The highest BCUT2D eigenvalue weighted by Gasteiger charge is 2.30. The summed E-state index contributed by atoms with van der Waals surface area (Å²) in [4.78, 5) is 1.04. The van der Waals surface area contributed by atoms with E-state index in [2.05, 4.69) is 5.32 Å². The Kier molecular flexibility index (Phi) is 4.90. The highest BCUT2D eigenvalue weighted by atomic mass is 32.1. The number of thiophene rings is 1. The molecule has 1 N–H and O–H groups in total. The largest absolute Gasteiger partial charge is 0.496 e. The van der Waals surface area contributed by atoms with Crippen LogP contribution in [0.3, 0.4) is 0 Å². The molecule has 1 heterocycles. The molecule has 6 heteroatoms. The Morgan fingerprint density at radius 2 is 1.86 bits per heavy atom.